The second-order valence-electron chi connectivity index (χ2n) is 6.43. The molecule has 0 unspecified atom stereocenters. The summed E-state index contributed by atoms with van der Waals surface area (Å²) in [5, 5.41) is 6.50. The Morgan fingerprint density at radius 2 is 1.91 bits per heavy atom. The van der Waals surface area contributed by atoms with Crippen LogP contribution in [-0.4, -0.2) is 36.6 Å². The van der Waals surface area contributed by atoms with E-state index in [0.717, 1.165) is 24.8 Å². The molecule has 1 saturated carbocycles. The molecule has 2 amide bonds. The van der Waals surface area contributed by atoms with Crippen molar-refractivity contribution in [1.29, 1.82) is 0 Å². The van der Waals surface area contributed by atoms with Crippen molar-refractivity contribution in [3.05, 3.63) is 29.3 Å². The third kappa shape index (κ3) is 4.14. The first-order chi connectivity index (χ1) is 10.7. The molecule has 1 aliphatic heterocycles. The summed E-state index contributed by atoms with van der Waals surface area (Å²) < 4.78 is 0. The Morgan fingerprint density at radius 3 is 2.64 bits per heavy atom. The fourth-order valence-corrected chi connectivity index (χ4v) is 3.70. The Bertz CT molecular complexity index is 499. The van der Waals surface area contributed by atoms with Gasteiger partial charge in [0, 0.05) is 29.8 Å². The van der Waals surface area contributed by atoms with Gasteiger partial charge in [-0.05, 0) is 56.0 Å². The summed E-state index contributed by atoms with van der Waals surface area (Å²) in [6.45, 7) is 3.07. The van der Waals surface area contributed by atoms with Gasteiger partial charge in [-0.2, -0.15) is 0 Å². The number of urea groups is 1. The standard InChI is InChI=1S/C17H24ClN3O/c18-14-5-7-15(8-6-14)20-17(22)19-11-13-9-10-21(12-13)16-3-1-2-4-16/h5-8,13,16H,1-4,9-12H2,(H2,19,20,22)/t13-/m0/s1. The number of nitrogens with one attached hydrogen (secondary N) is 2. The van der Waals surface area contributed by atoms with E-state index >= 15 is 0 Å². The second-order valence-corrected chi connectivity index (χ2v) is 6.87. The number of anilines is 1. The molecule has 4 nitrogen and oxygen atoms in total. The predicted octanol–water partition coefficient (Wildman–Crippen LogP) is 3.73. The van der Waals surface area contributed by atoms with Gasteiger partial charge < -0.3 is 15.5 Å². The van der Waals surface area contributed by atoms with Crippen molar-refractivity contribution >= 4 is 23.3 Å². The van der Waals surface area contributed by atoms with Gasteiger partial charge in [0.05, 0.1) is 0 Å². The lowest BCUT2D eigenvalue weighted by atomic mass is 10.1. The molecule has 2 aliphatic rings. The van der Waals surface area contributed by atoms with Crippen LogP contribution in [-0.2, 0) is 0 Å². The van der Waals surface area contributed by atoms with Gasteiger partial charge in [0.15, 0.2) is 0 Å². The van der Waals surface area contributed by atoms with Gasteiger partial charge in [0.2, 0.25) is 0 Å². The molecule has 1 aromatic carbocycles. The van der Waals surface area contributed by atoms with Crippen LogP contribution in [0.2, 0.25) is 5.02 Å². The van der Waals surface area contributed by atoms with Crippen LogP contribution in [0.3, 0.4) is 0 Å². The number of nitrogens with zero attached hydrogens (tertiary/aromatic N) is 1. The number of likely N-dealkylation sites (tertiary alicyclic amines) is 1. The third-order valence-electron chi connectivity index (χ3n) is 4.81. The van der Waals surface area contributed by atoms with Gasteiger partial charge in [0.25, 0.3) is 0 Å². The van der Waals surface area contributed by atoms with E-state index in [1.807, 2.05) is 0 Å². The Hall–Kier alpha value is -1.26. The first-order valence-electron chi connectivity index (χ1n) is 8.25. The van der Waals surface area contributed by atoms with Crippen LogP contribution in [0.1, 0.15) is 32.1 Å². The summed E-state index contributed by atoms with van der Waals surface area (Å²) >= 11 is 5.83. The number of halogens is 1. The highest BCUT2D eigenvalue weighted by molar-refractivity contribution is 6.30. The lowest BCUT2D eigenvalue weighted by Crippen LogP contribution is -2.35. The number of carbonyl (C=O) groups excluding carboxylic acids is 1. The Morgan fingerprint density at radius 1 is 1.18 bits per heavy atom. The van der Waals surface area contributed by atoms with E-state index in [1.165, 1.54) is 38.6 Å². The summed E-state index contributed by atoms with van der Waals surface area (Å²) in [5.41, 5.74) is 0.765. The van der Waals surface area contributed by atoms with Gasteiger partial charge in [-0.15, -0.1) is 0 Å². The first kappa shape index (κ1) is 15.6. The van der Waals surface area contributed by atoms with E-state index in [4.69, 9.17) is 11.6 Å². The number of rotatable bonds is 4. The van der Waals surface area contributed by atoms with Crippen LogP contribution in [0.15, 0.2) is 24.3 Å². The molecular weight excluding hydrogens is 298 g/mol. The average Bonchev–Trinajstić information content (AvgIpc) is 3.18. The zero-order valence-electron chi connectivity index (χ0n) is 12.9. The first-order valence-corrected chi connectivity index (χ1v) is 8.63. The van der Waals surface area contributed by atoms with E-state index < -0.39 is 0 Å². The van der Waals surface area contributed by atoms with Crippen molar-refractivity contribution in [1.82, 2.24) is 10.2 Å². The van der Waals surface area contributed by atoms with Crippen LogP contribution < -0.4 is 10.6 Å². The quantitative estimate of drug-likeness (QED) is 0.887. The molecule has 0 spiro atoms. The highest BCUT2D eigenvalue weighted by Crippen LogP contribution is 2.28. The molecule has 1 saturated heterocycles. The fraction of sp³-hybridized carbons (Fsp3) is 0.588. The van der Waals surface area contributed by atoms with Gasteiger partial charge >= 0.3 is 6.03 Å². The lowest BCUT2D eigenvalue weighted by molar-refractivity contribution is 0.234. The third-order valence-corrected chi connectivity index (χ3v) is 5.06. The molecule has 1 atom stereocenters. The van der Waals surface area contributed by atoms with E-state index in [-0.39, 0.29) is 6.03 Å². The minimum absolute atomic E-state index is 0.137. The Labute approximate surface area is 137 Å². The molecular formula is C17H24ClN3O. The van der Waals surface area contributed by atoms with Crippen LogP contribution in [0.25, 0.3) is 0 Å². The molecule has 0 radical (unpaired) electrons. The maximum Gasteiger partial charge on any atom is 0.319 e. The van der Waals surface area contributed by atoms with Crippen LogP contribution in [0.4, 0.5) is 10.5 Å². The van der Waals surface area contributed by atoms with Crippen LogP contribution in [0.5, 0.6) is 0 Å². The Balaban J connectivity index is 1.39. The van der Waals surface area contributed by atoms with E-state index in [1.54, 1.807) is 24.3 Å². The maximum atomic E-state index is 11.9. The molecule has 3 rings (SSSR count). The molecule has 22 heavy (non-hydrogen) atoms. The van der Waals surface area contributed by atoms with Crippen LogP contribution >= 0.6 is 11.6 Å². The monoisotopic (exact) mass is 321 g/mol. The van der Waals surface area contributed by atoms with Crippen molar-refractivity contribution in [3.8, 4) is 0 Å². The molecule has 5 heteroatoms. The molecule has 1 aliphatic carbocycles. The predicted molar refractivity (Wildman–Crippen MR) is 90.4 cm³/mol. The summed E-state index contributed by atoms with van der Waals surface area (Å²) in [6.07, 6.45) is 6.67. The number of hydrogen-bond donors (Lipinski definition) is 2. The van der Waals surface area contributed by atoms with E-state index in [2.05, 4.69) is 15.5 Å². The van der Waals surface area contributed by atoms with Crippen molar-refractivity contribution < 1.29 is 4.79 Å². The second kappa shape index (κ2) is 7.34. The van der Waals surface area contributed by atoms with Crippen molar-refractivity contribution in [3.63, 3.8) is 0 Å². The van der Waals surface area contributed by atoms with Crippen LogP contribution in [0, 0.1) is 5.92 Å². The minimum Gasteiger partial charge on any atom is -0.338 e. The van der Waals surface area contributed by atoms with Crippen molar-refractivity contribution in [2.45, 2.75) is 38.1 Å². The zero-order valence-corrected chi connectivity index (χ0v) is 13.6. The average molecular weight is 322 g/mol. The molecule has 120 valence electrons. The van der Waals surface area contributed by atoms with Gasteiger partial charge in [-0.3, -0.25) is 0 Å². The fourth-order valence-electron chi connectivity index (χ4n) is 3.58. The topological polar surface area (TPSA) is 44.4 Å². The summed E-state index contributed by atoms with van der Waals surface area (Å²) in [7, 11) is 0. The summed E-state index contributed by atoms with van der Waals surface area (Å²) in [4.78, 5) is 14.5. The lowest BCUT2D eigenvalue weighted by Gasteiger charge is -2.23. The molecule has 2 fully saturated rings. The molecule has 1 heterocycles. The molecule has 0 bridgehead atoms. The van der Waals surface area contributed by atoms with Gasteiger partial charge in [-0.1, -0.05) is 24.4 Å². The minimum atomic E-state index is -0.137. The largest absolute Gasteiger partial charge is 0.338 e. The van der Waals surface area contributed by atoms with Gasteiger partial charge in [0.1, 0.15) is 0 Å². The summed E-state index contributed by atoms with van der Waals surface area (Å²) in [6, 6.07) is 7.81. The number of hydrogen-bond acceptors (Lipinski definition) is 2. The smallest absolute Gasteiger partial charge is 0.319 e. The highest BCUT2D eigenvalue weighted by Gasteiger charge is 2.29. The van der Waals surface area contributed by atoms with E-state index in [9.17, 15) is 4.79 Å². The molecule has 0 aromatic heterocycles. The van der Waals surface area contributed by atoms with E-state index in [0.29, 0.717) is 10.9 Å². The zero-order chi connectivity index (χ0) is 15.4. The number of benzene rings is 1. The van der Waals surface area contributed by atoms with Crippen molar-refractivity contribution in [2.75, 3.05) is 25.0 Å². The summed E-state index contributed by atoms with van der Waals surface area (Å²) in [5.74, 6) is 0.580. The number of amides is 2. The maximum absolute atomic E-state index is 11.9. The highest BCUT2D eigenvalue weighted by atomic mass is 35.5. The Kier molecular flexibility index (Phi) is 5.21. The van der Waals surface area contributed by atoms with Gasteiger partial charge in [-0.25, -0.2) is 4.79 Å². The SMILES string of the molecule is O=C(NC[C@@H]1CCN(C2CCCC2)C1)Nc1ccc(Cl)cc1. The normalized spacial score (nSPS) is 22.9. The number of carbonyl (C=O) groups is 1. The molecule has 2 N–H and O–H groups in total. The van der Waals surface area contributed by atoms with Crippen molar-refractivity contribution in [2.24, 2.45) is 5.92 Å². The molecule has 1 aromatic rings.